The summed E-state index contributed by atoms with van der Waals surface area (Å²) in [6.45, 7) is 7.84. The quantitative estimate of drug-likeness (QED) is 0.487. The van der Waals surface area contributed by atoms with Crippen LogP contribution in [-0.4, -0.2) is 16.8 Å². The van der Waals surface area contributed by atoms with Gasteiger partial charge in [0.25, 0.3) is 0 Å². The molecule has 1 atom stereocenters. The molecule has 1 aromatic carbocycles. The molecule has 8 heteroatoms. The first-order chi connectivity index (χ1) is 13.1. The summed E-state index contributed by atoms with van der Waals surface area (Å²) in [5.74, 6) is -0.157. The van der Waals surface area contributed by atoms with Crippen molar-refractivity contribution in [3.05, 3.63) is 35.7 Å². The minimum absolute atomic E-state index is 0.157. The Bertz CT molecular complexity index is 754. The summed E-state index contributed by atoms with van der Waals surface area (Å²) in [5.41, 5.74) is 4.45. The van der Waals surface area contributed by atoms with Crippen LogP contribution < -0.4 is 10.5 Å². The number of aromatic nitrogens is 2. The summed E-state index contributed by atoms with van der Waals surface area (Å²) in [6.07, 6.45) is 1.75. The van der Waals surface area contributed by atoms with Crippen LogP contribution in [0.3, 0.4) is 0 Å². The summed E-state index contributed by atoms with van der Waals surface area (Å²) >= 11 is 1.13. The molecule has 1 aromatic heterocycles. The fourth-order valence-electron chi connectivity index (χ4n) is 2.65. The Morgan fingerprint density at radius 1 is 1.11 bits per heavy atom. The lowest BCUT2D eigenvalue weighted by Crippen LogP contribution is -2.28. The van der Waals surface area contributed by atoms with Crippen LogP contribution in [0.1, 0.15) is 62.9 Å². The molecule has 0 bridgehead atoms. The molecule has 2 rings (SSSR count). The van der Waals surface area contributed by atoms with E-state index in [1.54, 1.807) is 13.0 Å². The maximum Gasteiger partial charge on any atom is 0.419 e. The summed E-state index contributed by atoms with van der Waals surface area (Å²) in [4.78, 5) is 0. The van der Waals surface area contributed by atoms with E-state index in [9.17, 15) is 13.2 Å². The van der Waals surface area contributed by atoms with E-state index in [0.29, 0.717) is 15.6 Å². The van der Waals surface area contributed by atoms with Gasteiger partial charge >= 0.3 is 6.18 Å². The lowest BCUT2D eigenvalue weighted by atomic mass is 10.1. The fourth-order valence-corrected chi connectivity index (χ4v) is 3.47. The number of halogens is 3. The minimum atomic E-state index is -4.52. The van der Waals surface area contributed by atoms with Gasteiger partial charge in [0, 0.05) is 5.56 Å². The van der Waals surface area contributed by atoms with Gasteiger partial charge in [0.2, 0.25) is 0 Å². The van der Waals surface area contributed by atoms with Crippen LogP contribution >= 0.6 is 11.3 Å². The van der Waals surface area contributed by atoms with Crippen molar-refractivity contribution < 1.29 is 17.9 Å². The van der Waals surface area contributed by atoms with Gasteiger partial charge in [-0.2, -0.15) is 13.2 Å². The molecule has 2 aromatic rings. The van der Waals surface area contributed by atoms with Gasteiger partial charge in [-0.15, -0.1) is 10.2 Å². The van der Waals surface area contributed by atoms with Crippen molar-refractivity contribution in [2.24, 2.45) is 5.73 Å². The lowest BCUT2D eigenvalue weighted by molar-refractivity contribution is -0.138. The highest BCUT2D eigenvalue weighted by atomic mass is 32.1. The summed E-state index contributed by atoms with van der Waals surface area (Å²) in [5, 5.41) is 8.72. The molecule has 0 aliphatic carbocycles. The first-order valence-corrected chi connectivity index (χ1v) is 10.3. The van der Waals surface area contributed by atoms with Gasteiger partial charge < -0.3 is 10.5 Å². The number of nitrogens with zero attached hydrogens (tertiary/aromatic N) is 2. The normalized spacial score (nSPS) is 12.4. The van der Waals surface area contributed by atoms with Gasteiger partial charge in [0.15, 0.2) is 0 Å². The number of benzene rings is 1. The van der Waals surface area contributed by atoms with Crippen molar-refractivity contribution in [3.63, 3.8) is 0 Å². The molecule has 28 heavy (non-hydrogen) atoms. The molecule has 0 saturated heterocycles. The summed E-state index contributed by atoms with van der Waals surface area (Å²) in [7, 11) is 0. The molecule has 0 aliphatic rings. The third-order valence-corrected chi connectivity index (χ3v) is 5.45. The van der Waals surface area contributed by atoms with Crippen molar-refractivity contribution >= 4 is 11.3 Å². The standard InChI is InChI=1S/C20H27F3N3OS/c1-4-5-6-7-8-9-12-27-16-11-10-14(13-15(16)20(21,22)23)17-25-26-18(28-17)19(2,3)24/h10-11,13H,2,4-9,12,24H2,1,3H3/t19-/m0/s1. The zero-order valence-corrected chi connectivity index (χ0v) is 17.1. The highest BCUT2D eigenvalue weighted by Crippen LogP contribution is 2.39. The van der Waals surface area contributed by atoms with Crippen molar-refractivity contribution in [2.45, 2.75) is 64.1 Å². The van der Waals surface area contributed by atoms with Gasteiger partial charge in [-0.1, -0.05) is 50.4 Å². The predicted octanol–water partition coefficient (Wildman–Crippen LogP) is 5.97. The third kappa shape index (κ3) is 6.44. The first-order valence-electron chi connectivity index (χ1n) is 9.45. The fraction of sp³-hybridized carbons (Fsp3) is 0.550. The maximum atomic E-state index is 13.5. The Balaban J connectivity index is 2.10. The smallest absolute Gasteiger partial charge is 0.419 e. The molecule has 2 N–H and O–H groups in total. The number of alkyl halides is 3. The Kier molecular flexibility index (Phi) is 7.83. The maximum absolute atomic E-state index is 13.5. The number of nitrogens with two attached hydrogens (primary N) is 1. The van der Waals surface area contributed by atoms with Crippen LogP contribution in [-0.2, 0) is 11.7 Å². The van der Waals surface area contributed by atoms with Crippen molar-refractivity contribution in [3.8, 4) is 16.3 Å². The van der Waals surface area contributed by atoms with Crippen LogP contribution in [0.2, 0.25) is 0 Å². The Morgan fingerprint density at radius 2 is 1.79 bits per heavy atom. The Morgan fingerprint density at radius 3 is 2.39 bits per heavy atom. The average Bonchev–Trinajstić information content (AvgIpc) is 3.11. The van der Waals surface area contributed by atoms with E-state index in [-0.39, 0.29) is 12.4 Å². The molecule has 1 heterocycles. The van der Waals surface area contributed by atoms with Crippen LogP contribution in [0.25, 0.3) is 10.6 Å². The number of hydrogen-bond donors (Lipinski definition) is 1. The Hall–Kier alpha value is -1.67. The molecule has 4 nitrogen and oxygen atoms in total. The number of unbranched alkanes of at least 4 members (excludes halogenated alkanes) is 5. The average molecular weight is 415 g/mol. The van der Waals surface area contributed by atoms with Crippen molar-refractivity contribution in [2.75, 3.05) is 6.61 Å². The molecule has 155 valence electrons. The van der Waals surface area contributed by atoms with Gasteiger partial charge in [-0.3, -0.25) is 0 Å². The van der Waals surface area contributed by atoms with Crippen LogP contribution in [0.4, 0.5) is 13.2 Å². The first kappa shape index (κ1) is 22.6. The second-order valence-corrected chi connectivity index (χ2v) is 8.13. The third-order valence-electron chi connectivity index (χ3n) is 4.20. The molecule has 0 amide bonds. The summed E-state index contributed by atoms with van der Waals surface area (Å²) < 4.78 is 46.0. The molecule has 0 unspecified atom stereocenters. The second-order valence-electron chi connectivity index (χ2n) is 7.15. The Labute approximate surface area is 168 Å². The monoisotopic (exact) mass is 414 g/mol. The van der Waals surface area contributed by atoms with E-state index in [4.69, 9.17) is 10.5 Å². The topological polar surface area (TPSA) is 61.0 Å². The van der Waals surface area contributed by atoms with Gasteiger partial charge in [-0.05, 0) is 38.5 Å². The van der Waals surface area contributed by atoms with E-state index in [0.717, 1.165) is 49.5 Å². The largest absolute Gasteiger partial charge is 0.493 e. The highest BCUT2D eigenvalue weighted by Gasteiger charge is 2.35. The molecule has 0 spiro atoms. The van der Waals surface area contributed by atoms with Crippen molar-refractivity contribution in [1.29, 1.82) is 0 Å². The van der Waals surface area contributed by atoms with E-state index in [1.807, 2.05) is 0 Å². The minimum Gasteiger partial charge on any atom is -0.493 e. The zero-order valence-electron chi connectivity index (χ0n) is 16.3. The van der Waals surface area contributed by atoms with Gasteiger partial charge in [0.05, 0.1) is 17.7 Å². The molecular weight excluding hydrogens is 387 g/mol. The van der Waals surface area contributed by atoms with Gasteiger partial charge in [-0.25, -0.2) is 0 Å². The van der Waals surface area contributed by atoms with E-state index in [2.05, 4.69) is 24.0 Å². The number of ether oxygens (including phenoxy) is 1. The molecule has 1 radical (unpaired) electrons. The number of rotatable bonds is 10. The highest BCUT2D eigenvalue weighted by molar-refractivity contribution is 7.14. The lowest BCUT2D eigenvalue weighted by Gasteiger charge is -2.15. The van der Waals surface area contributed by atoms with Crippen LogP contribution in [0, 0.1) is 6.92 Å². The number of hydrogen-bond acceptors (Lipinski definition) is 5. The van der Waals surface area contributed by atoms with E-state index >= 15 is 0 Å². The molecule has 0 aliphatic heterocycles. The van der Waals surface area contributed by atoms with Gasteiger partial charge in [0.1, 0.15) is 15.8 Å². The van der Waals surface area contributed by atoms with E-state index in [1.165, 1.54) is 12.5 Å². The van der Waals surface area contributed by atoms with Crippen molar-refractivity contribution in [1.82, 2.24) is 10.2 Å². The summed E-state index contributed by atoms with van der Waals surface area (Å²) in [6, 6.07) is 3.97. The molecule has 0 saturated carbocycles. The van der Waals surface area contributed by atoms with Crippen LogP contribution in [0.15, 0.2) is 18.2 Å². The van der Waals surface area contributed by atoms with E-state index < -0.39 is 17.3 Å². The second kappa shape index (κ2) is 9.69. The molecule has 0 fully saturated rings. The zero-order chi connectivity index (χ0) is 20.8. The SMILES string of the molecule is [CH2][C@@](C)(N)c1nnc(-c2ccc(OCCCCCCCC)c(C(F)(F)F)c2)s1. The predicted molar refractivity (Wildman–Crippen MR) is 106 cm³/mol. The molecular formula is C20H27F3N3OS. The van der Waals surface area contributed by atoms with Crippen LogP contribution in [0.5, 0.6) is 5.75 Å².